The number of Topliss-reactive ketones (excluding diaryl/α,β-unsaturated/α-hetero) is 1. The molecule has 0 radical (unpaired) electrons. The molecule has 0 aliphatic carbocycles. The van der Waals surface area contributed by atoms with Crippen LogP contribution in [0.4, 0.5) is 0 Å². The van der Waals surface area contributed by atoms with E-state index in [2.05, 4.69) is 11.0 Å². The van der Waals surface area contributed by atoms with E-state index in [9.17, 15) is 4.79 Å². The third-order valence-corrected chi connectivity index (χ3v) is 7.63. The fourth-order valence-electron chi connectivity index (χ4n) is 4.60. The Morgan fingerprint density at radius 2 is 1.65 bits per heavy atom. The number of carbonyl (C=O) groups is 1. The van der Waals surface area contributed by atoms with Crippen molar-refractivity contribution in [2.24, 2.45) is 0 Å². The number of hydrogen-bond acceptors (Lipinski definition) is 6. The van der Waals surface area contributed by atoms with Gasteiger partial charge in [-0.3, -0.25) is 9.69 Å². The van der Waals surface area contributed by atoms with E-state index in [-0.39, 0.29) is 18.2 Å². The number of carbonyl (C=O) groups excluding carboxylic acids is 1. The van der Waals surface area contributed by atoms with Gasteiger partial charge in [0.1, 0.15) is 29.6 Å². The number of methoxy groups -OCH3 is 1. The van der Waals surface area contributed by atoms with Crippen molar-refractivity contribution < 1.29 is 19.0 Å². The highest BCUT2D eigenvalue weighted by Gasteiger charge is 2.16. The summed E-state index contributed by atoms with van der Waals surface area (Å²) in [5.74, 6) is 3.18. The van der Waals surface area contributed by atoms with Gasteiger partial charge in [-0.2, -0.15) is 0 Å². The molecule has 2 heterocycles. The number of thiophene rings is 1. The molecule has 0 spiro atoms. The first-order chi connectivity index (χ1) is 17.6. The number of fused-ring (bicyclic) bond motifs is 1. The van der Waals surface area contributed by atoms with Crippen molar-refractivity contribution in [2.45, 2.75) is 26.2 Å². The average molecular weight is 538 g/mol. The van der Waals surface area contributed by atoms with Crippen LogP contribution in [-0.4, -0.2) is 44.0 Å². The molecule has 0 unspecified atom stereocenters. The van der Waals surface area contributed by atoms with Crippen molar-refractivity contribution >= 4 is 40.3 Å². The Morgan fingerprint density at radius 1 is 0.919 bits per heavy atom. The molecule has 0 saturated carbocycles. The Labute approximate surface area is 228 Å². The highest BCUT2D eigenvalue weighted by molar-refractivity contribution is 7.12. The van der Waals surface area contributed by atoms with Gasteiger partial charge in [0.05, 0.1) is 12.0 Å². The predicted octanol–water partition coefficient (Wildman–Crippen LogP) is 7.86. The van der Waals surface area contributed by atoms with Gasteiger partial charge in [-0.05, 0) is 104 Å². The van der Waals surface area contributed by atoms with E-state index in [0.29, 0.717) is 6.61 Å². The van der Waals surface area contributed by atoms with E-state index in [4.69, 9.17) is 14.2 Å². The van der Waals surface area contributed by atoms with Crippen LogP contribution in [0.1, 0.15) is 35.9 Å². The van der Waals surface area contributed by atoms with E-state index in [0.717, 1.165) is 56.3 Å². The first kappa shape index (κ1) is 27.0. The molecule has 0 atom stereocenters. The number of benzene rings is 3. The fraction of sp³-hybridized carbons (Fsp3) is 0.300. The van der Waals surface area contributed by atoms with Crippen LogP contribution in [0.15, 0.2) is 66.0 Å². The molecule has 194 valence electrons. The van der Waals surface area contributed by atoms with Gasteiger partial charge in [0.25, 0.3) is 0 Å². The van der Waals surface area contributed by atoms with Crippen molar-refractivity contribution in [1.82, 2.24) is 4.90 Å². The molecule has 7 heteroatoms. The molecule has 1 aliphatic heterocycles. The number of likely N-dealkylation sites (tertiary alicyclic amines) is 1. The molecule has 5 rings (SSSR count). The summed E-state index contributed by atoms with van der Waals surface area (Å²) in [5, 5.41) is 4.01. The van der Waals surface area contributed by atoms with Gasteiger partial charge in [0.2, 0.25) is 0 Å². The Bertz CT molecular complexity index is 1350. The second-order valence-electron chi connectivity index (χ2n) is 9.11. The van der Waals surface area contributed by atoms with Crippen molar-refractivity contribution in [2.75, 3.05) is 33.4 Å². The lowest BCUT2D eigenvalue weighted by Gasteiger charge is -2.26. The van der Waals surface area contributed by atoms with E-state index < -0.39 is 0 Å². The second kappa shape index (κ2) is 12.5. The quantitative estimate of drug-likeness (QED) is 0.203. The molecule has 0 N–H and O–H groups in total. The molecule has 4 aromatic rings. The van der Waals surface area contributed by atoms with Gasteiger partial charge in [-0.25, -0.2) is 0 Å². The van der Waals surface area contributed by atoms with Crippen LogP contribution >= 0.6 is 23.7 Å². The maximum atomic E-state index is 11.9. The fourth-order valence-corrected chi connectivity index (χ4v) is 5.41. The summed E-state index contributed by atoms with van der Waals surface area (Å²) in [6, 6.07) is 19.8. The topological polar surface area (TPSA) is 48.0 Å². The first-order valence-corrected chi connectivity index (χ1v) is 13.3. The summed E-state index contributed by atoms with van der Waals surface area (Å²) >= 11 is 1.45. The number of ketones is 1. The smallest absolute Gasteiger partial charge is 0.169 e. The van der Waals surface area contributed by atoms with Crippen molar-refractivity contribution in [3.63, 3.8) is 0 Å². The van der Waals surface area contributed by atoms with Crippen LogP contribution in [0.2, 0.25) is 0 Å². The lowest BCUT2D eigenvalue weighted by atomic mass is 10.0. The SMILES string of the molecule is COc1ccc2c(Oc3ccc(OCCN4CCCCC4)cc3)c(-c3csc(C(C)=O)c3)ccc2c1.Cl. The molecule has 1 saturated heterocycles. The van der Waals surface area contributed by atoms with Crippen molar-refractivity contribution in [1.29, 1.82) is 0 Å². The van der Waals surface area contributed by atoms with Gasteiger partial charge in [-0.1, -0.05) is 12.5 Å². The average Bonchev–Trinajstić information content (AvgIpc) is 3.41. The number of hydrogen-bond donors (Lipinski definition) is 0. The molecular formula is C30H32ClNO4S. The van der Waals surface area contributed by atoms with Crippen LogP contribution in [-0.2, 0) is 0 Å². The van der Waals surface area contributed by atoms with Gasteiger partial charge < -0.3 is 14.2 Å². The number of piperidine rings is 1. The summed E-state index contributed by atoms with van der Waals surface area (Å²) in [7, 11) is 1.66. The first-order valence-electron chi connectivity index (χ1n) is 12.4. The van der Waals surface area contributed by atoms with Crippen LogP contribution in [0.3, 0.4) is 0 Å². The Morgan fingerprint density at radius 3 is 2.35 bits per heavy atom. The molecule has 1 aliphatic rings. The minimum Gasteiger partial charge on any atom is -0.497 e. The highest BCUT2D eigenvalue weighted by Crippen LogP contribution is 2.42. The minimum absolute atomic E-state index is 0. The summed E-state index contributed by atoms with van der Waals surface area (Å²) in [6.45, 7) is 5.59. The number of ether oxygens (including phenoxy) is 3. The molecule has 1 fully saturated rings. The van der Waals surface area contributed by atoms with Crippen LogP contribution in [0, 0.1) is 0 Å². The van der Waals surface area contributed by atoms with Crippen molar-refractivity contribution in [3.8, 4) is 34.1 Å². The molecule has 0 amide bonds. The van der Waals surface area contributed by atoms with Gasteiger partial charge in [0.15, 0.2) is 5.78 Å². The third kappa shape index (κ3) is 6.45. The van der Waals surface area contributed by atoms with Crippen LogP contribution in [0.25, 0.3) is 21.9 Å². The van der Waals surface area contributed by atoms with E-state index in [1.165, 1.54) is 43.7 Å². The van der Waals surface area contributed by atoms with E-state index >= 15 is 0 Å². The molecule has 1 aromatic heterocycles. The Balaban J connectivity index is 0.00000320. The normalized spacial score (nSPS) is 13.7. The summed E-state index contributed by atoms with van der Waals surface area (Å²) in [6.07, 6.45) is 3.92. The molecular weight excluding hydrogens is 506 g/mol. The maximum absolute atomic E-state index is 11.9. The summed E-state index contributed by atoms with van der Waals surface area (Å²) in [5.41, 5.74) is 1.91. The third-order valence-electron chi connectivity index (χ3n) is 6.60. The number of rotatable bonds is 9. The lowest BCUT2D eigenvalue weighted by molar-refractivity contribution is 0.102. The van der Waals surface area contributed by atoms with E-state index in [1.807, 2.05) is 60.0 Å². The largest absolute Gasteiger partial charge is 0.497 e. The van der Waals surface area contributed by atoms with E-state index in [1.54, 1.807) is 14.0 Å². The van der Waals surface area contributed by atoms with Crippen molar-refractivity contribution in [3.05, 3.63) is 70.9 Å². The maximum Gasteiger partial charge on any atom is 0.169 e. The molecule has 37 heavy (non-hydrogen) atoms. The van der Waals surface area contributed by atoms with Gasteiger partial charge in [-0.15, -0.1) is 23.7 Å². The van der Waals surface area contributed by atoms with Crippen LogP contribution < -0.4 is 14.2 Å². The molecule has 3 aromatic carbocycles. The highest BCUT2D eigenvalue weighted by atomic mass is 35.5. The van der Waals surface area contributed by atoms with Gasteiger partial charge in [0, 0.05) is 17.5 Å². The number of halogens is 1. The monoisotopic (exact) mass is 537 g/mol. The van der Waals surface area contributed by atoms with Crippen LogP contribution in [0.5, 0.6) is 23.0 Å². The second-order valence-corrected chi connectivity index (χ2v) is 10.0. The summed E-state index contributed by atoms with van der Waals surface area (Å²) < 4.78 is 17.9. The molecule has 5 nitrogen and oxygen atoms in total. The Kier molecular flexibility index (Phi) is 9.09. The zero-order valence-corrected chi connectivity index (χ0v) is 22.8. The zero-order valence-electron chi connectivity index (χ0n) is 21.2. The number of nitrogens with zero attached hydrogens (tertiary/aromatic N) is 1. The molecule has 0 bridgehead atoms. The lowest BCUT2D eigenvalue weighted by Crippen LogP contribution is -2.33. The van der Waals surface area contributed by atoms with Gasteiger partial charge >= 0.3 is 0 Å². The Hall–Kier alpha value is -3.06. The predicted molar refractivity (Wildman–Crippen MR) is 153 cm³/mol. The summed E-state index contributed by atoms with van der Waals surface area (Å²) in [4.78, 5) is 15.1. The minimum atomic E-state index is 0. The zero-order chi connectivity index (χ0) is 24.9. The standard InChI is InChI=1S/C30H31NO4S.ClH/c1-21(32)29-19-23(20-36-29)28-12-6-22-18-26(33-2)11-13-27(22)30(28)35-25-9-7-24(8-10-25)34-17-16-31-14-4-3-5-15-31;/h6-13,18-20H,3-5,14-17H2,1-2H3;1H.